The number of nitrogens with one attached hydrogen (secondary N) is 2. The molecule has 1 aliphatic rings. The molecule has 0 saturated carbocycles. The number of hydrogen-bond acceptors (Lipinski definition) is 3. The van der Waals surface area contributed by atoms with E-state index in [2.05, 4.69) is 36.3 Å². The van der Waals surface area contributed by atoms with E-state index in [-0.39, 0.29) is 18.0 Å². The van der Waals surface area contributed by atoms with Crippen LogP contribution in [0, 0.1) is 0 Å². The number of carbonyl (C=O) groups excluding carboxylic acids is 1. The van der Waals surface area contributed by atoms with Gasteiger partial charge in [0.1, 0.15) is 0 Å². The third kappa shape index (κ3) is 3.96. The molecule has 4 nitrogen and oxygen atoms in total. The molecule has 1 heterocycles. The summed E-state index contributed by atoms with van der Waals surface area (Å²) in [6, 6.07) is 0.752. The first kappa shape index (κ1) is 14.5. The van der Waals surface area contributed by atoms with Gasteiger partial charge >= 0.3 is 0 Å². The summed E-state index contributed by atoms with van der Waals surface area (Å²) < 4.78 is 0. The molecular formula is C13H27N3O. The molecule has 100 valence electrons. The first-order chi connectivity index (χ1) is 8.10. The summed E-state index contributed by atoms with van der Waals surface area (Å²) in [7, 11) is 0. The summed E-state index contributed by atoms with van der Waals surface area (Å²) in [4.78, 5) is 14.4. The summed E-state index contributed by atoms with van der Waals surface area (Å²) in [6.45, 7) is 11.3. The van der Waals surface area contributed by atoms with E-state index in [0.717, 1.165) is 32.5 Å². The lowest BCUT2D eigenvalue weighted by atomic mass is 10.1. The van der Waals surface area contributed by atoms with Crippen LogP contribution in [0.15, 0.2) is 0 Å². The molecule has 1 saturated heterocycles. The largest absolute Gasteiger partial charge is 0.352 e. The molecule has 1 fully saturated rings. The van der Waals surface area contributed by atoms with Gasteiger partial charge in [-0.25, -0.2) is 0 Å². The van der Waals surface area contributed by atoms with Gasteiger partial charge in [-0.3, -0.25) is 9.69 Å². The zero-order valence-electron chi connectivity index (χ0n) is 11.6. The van der Waals surface area contributed by atoms with Crippen molar-refractivity contribution >= 4 is 5.91 Å². The second kappa shape index (κ2) is 6.97. The molecule has 0 aromatic rings. The van der Waals surface area contributed by atoms with E-state index in [1.807, 2.05) is 6.92 Å². The third-order valence-electron chi connectivity index (χ3n) is 3.75. The quantitative estimate of drug-likeness (QED) is 0.728. The van der Waals surface area contributed by atoms with Crippen molar-refractivity contribution in [1.82, 2.24) is 15.5 Å². The van der Waals surface area contributed by atoms with Crippen LogP contribution in [0.5, 0.6) is 0 Å². The molecule has 1 aliphatic heterocycles. The Morgan fingerprint density at radius 1 is 1.47 bits per heavy atom. The zero-order valence-corrected chi connectivity index (χ0v) is 11.6. The number of rotatable bonds is 6. The van der Waals surface area contributed by atoms with Crippen molar-refractivity contribution in [3.63, 3.8) is 0 Å². The van der Waals surface area contributed by atoms with Crippen LogP contribution in [-0.2, 0) is 4.79 Å². The van der Waals surface area contributed by atoms with Crippen molar-refractivity contribution in [1.29, 1.82) is 0 Å². The minimum Gasteiger partial charge on any atom is -0.352 e. The molecule has 1 amide bonds. The van der Waals surface area contributed by atoms with Gasteiger partial charge in [-0.15, -0.1) is 0 Å². The molecule has 0 radical (unpaired) electrons. The zero-order chi connectivity index (χ0) is 12.8. The topological polar surface area (TPSA) is 44.4 Å². The van der Waals surface area contributed by atoms with Crippen LogP contribution >= 0.6 is 0 Å². The van der Waals surface area contributed by atoms with Crippen molar-refractivity contribution in [2.45, 2.75) is 58.7 Å². The Morgan fingerprint density at radius 3 is 2.65 bits per heavy atom. The fraction of sp³-hybridized carbons (Fsp3) is 0.923. The average Bonchev–Trinajstić information content (AvgIpc) is 2.83. The minimum atomic E-state index is -0.0288. The lowest BCUT2D eigenvalue weighted by molar-refractivity contribution is -0.127. The maximum atomic E-state index is 12.1. The van der Waals surface area contributed by atoms with Gasteiger partial charge in [0.25, 0.3) is 0 Å². The predicted molar refractivity (Wildman–Crippen MR) is 71.0 cm³/mol. The Labute approximate surface area is 105 Å². The lowest BCUT2D eigenvalue weighted by Gasteiger charge is -2.32. The predicted octanol–water partition coefficient (Wildman–Crippen LogP) is 0.973. The highest BCUT2D eigenvalue weighted by Crippen LogP contribution is 2.12. The monoisotopic (exact) mass is 241 g/mol. The number of hydrogen-bond donors (Lipinski definition) is 2. The van der Waals surface area contributed by atoms with E-state index in [1.165, 1.54) is 0 Å². The fourth-order valence-electron chi connectivity index (χ4n) is 2.39. The molecule has 3 atom stereocenters. The van der Waals surface area contributed by atoms with Gasteiger partial charge < -0.3 is 10.6 Å². The highest BCUT2D eigenvalue weighted by atomic mass is 16.2. The number of carbonyl (C=O) groups is 1. The maximum Gasteiger partial charge on any atom is 0.237 e. The van der Waals surface area contributed by atoms with Crippen LogP contribution in [-0.4, -0.2) is 48.6 Å². The Bertz CT molecular complexity index is 239. The van der Waals surface area contributed by atoms with Gasteiger partial charge in [0.2, 0.25) is 5.91 Å². The van der Waals surface area contributed by atoms with E-state index in [9.17, 15) is 4.79 Å². The number of likely N-dealkylation sites (N-methyl/N-ethyl adjacent to an activating group) is 1. The van der Waals surface area contributed by atoms with Crippen LogP contribution in [0.3, 0.4) is 0 Å². The average molecular weight is 241 g/mol. The van der Waals surface area contributed by atoms with Gasteiger partial charge in [-0.2, -0.15) is 0 Å². The molecule has 0 aromatic carbocycles. The molecule has 0 bridgehead atoms. The van der Waals surface area contributed by atoms with Gasteiger partial charge in [-0.05, 0) is 39.8 Å². The van der Waals surface area contributed by atoms with Crippen LogP contribution in [0.25, 0.3) is 0 Å². The van der Waals surface area contributed by atoms with E-state index in [1.54, 1.807) is 0 Å². The van der Waals surface area contributed by atoms with Gasteiger partial charge in [0.15, 0.2) is 0 Å². The first-order valence-electron chi connectivity index (χ1n) is 6.86. The van der Waals surface area contributed by atoms with Crippen molar-refractivity contribution in [2.75, 3.05) is 19.6 Å². The molecule has 3 unspecified atom stereocenters. The van der Waals surface area contributed by atoms with Crippen molar-refractivity contribution in [3.8, 4) is 0 Å². The van der Waals surface area contributed by atoms with Crippen LogP contribution in [0.1, 0.15) is 40.5 Å². The van der Waals surface area contributed by atoms with E-state index < -0.39 is 0 Å². The van der Waals surface area contributed by atoms with Gasteiger partial charge in [-0.1, -0.05) is 13.8 Å². The standard InChI is InChI=1S/C13H27N3O/c1-5-10(3)15-13(17)11(4)16(6-2)12-7-8-14-9-12/h10-12,14H,5-9H2,1-4H3,(H,15,17). The molecule has 1 rings (SSSR count). The summed E-state index contributed by atoms with van der Waals surface area (Å²) in [5, 5.41) is 6.43. The smallest absolute Gasteiger partial charge is 0.237 e. The summed E-state index contributed by atoms with van der Waals surface area (Å²) in [5.41, 5.74) is 0. The number of nitrogens with zero attached hydrogens (tertiary/aromatic N) is 1. The molecular weight excluding hydrogens is 214 g/mol. The third-order valence-corrected chi connectivity index (χ3v) is 3.75. The Balaban J connectivity index is 2.52. The van der Waals surface area contributed by atoms with Crippen LogP contribution in [0.2, 0.25) is 0 Å². The molecule has 2 N–H and O–H groups in total. The molecule has 0 spiro atoms. The van der Waals surface area contributed by atoms with Crippen LogP contribution < -0.4 is 10.6 Å². The highest BCUT2D eigenvalue weighted by molar-refractivity contribution is 5.81. The fourth-order valence-corrected chi connectivity index (χ4v) is 2.39. The van der Waals surface area contributed by atoms with E-state index in [4.69, 9.17) is 0 Å². The van der Waals surface area contributed by atoms with E-state index >= 15 is 0 Å². The van der Waals surface area contributed by atoms with Gasteiger partial charge in [0, 0.05) is 18.6 Å². The molecule has 4 heteroatoms. The Kier molecular flexibility index (Phi) is 5.92. The highest BCUT2D eigenvalue weighted by Gasteiger charge is 2.29. The van der Waals surface area contributed by atoms with Crippen LogP contribution in [0.4, 0.5) is 0 Å². The minimum absolute atomic E-state index is 0.0288. The normalized spacial score (nSPS) is 23.7. The SMILES string of the molecule is CCC(C)NC(=O)C(C)N(CC)C1CCNC1. The van der Waals surface area contributed by atoms with E-state index in [0.29, 0.717) is 6.04 Å². The van der Waals surface area contributed by atoms with Crippen molar-refractivity contribution in [3.05, 3.63) is 0 Å². The number of amides is 1. The maximum absolute atomic E-state index is 12.1. The summed E-state index contributed by atoms with van der Waals surface area (Å²) in [6.07, 6.45) is 2.13. The molecule has 0 aromatic heterocycles. The lowest BCUT2D eigenvalue weighted by Crippen LogP contribution is -2.51. The van der Waals surface area contributed by atoms with Gasteiger partial charge in [0.05, 0.1) is 6.04 Å². The molecule has 17 heavy (non-hydrogen) atoms. The summed E-state index contributed by atoms with van der Waals surface area (Å²) in [5.74, 6) is 0.160. The Morgan fingerprint density at radius 2 is 2.18 bits per heavy atom. The Hall–Kier alpha value is -0.610. The van der Waals surface area contributed by atoms with Crippen molar-refractivity contribution in [2.24, 2.45) is 0 Å². The van der Waals surface area contributed by atoms with Crippen molar-refractivity contribution < 1.29 is 4.79 Å². The second-order valence-corrected chi connectivity index (χ2v) is 4.97. The second-order valence-electron chi connectivity index (χ2n) is 4.97. The summed E-state index contributed by atoms with van der Waals surface area (Å²) >= 11 is 0. The molecule has 0 aliphatic carbocycles. The first-order valence-corrected chi connectivity index (χ1v) is 6.86.